The summed E-state index contributed by atoms with van der Waals surface area (Å²) in [5.41, 5.74) is 1.07. The monoisotopic (exact) mass is 390 g/mol. The number of nitro benzene ring substituents is 1. The highest BCUT2D eigenvalue weighted by molar-refractivity contribution is 7.99. The van der Waals surface area contributed by atoms with Crippen LogP contribution >= 0.6 is 24.0 Å². The second kappa shape index (κ2) is 11.4. The zero-order valence-electron chi connectivity index (χ0n) is 14.4. The number of hydrogen-bond acceptors (Lipinski definition) is 5. The molecule has 1 heterocycles. The predicted octanol–water partition coefficient (Wildman–Crippen LogP) is 4.63. The van der Waals surface area contributed by atoms with E-state index in [-0.39, 0.29) is 10.6 Å². The average Bonchev–Trinajstić information content (AvgIpc) is 2.65. The number of anilines is 1. The number of pyridine rings is 1. The van der Waals surface area contributed by atoms with Gasteiger partial charge in [0.1, 0.15) is 0 Å². The van der Waals surface area contributed by atoms with Crippen LogP contribution in [0.4, 0.5) is 11.4 Å². The summed E-state index contributed by atoms with van der Waals surface area (Å²) in [6.07, 6.45) is 7.94. The molecular formula is C18H22N4O2S2. The zero-order chi connectivity index (χ0) is 18.6. The highest BCUT2D eigenvalue weighted by Gasteiger charge is 2.03. The molecule has 2 rings (SSSR count). The van der Waals surface area contributed by atoms with Crippen molar-refractivity contribution in [2.45, 2.75) is 30.6 Å². The first-order valence-corrected chi connectivity index (χ1v) is 9.86. The van der Waals surface area contributed by atoms with Gasteiger partial charge in [0, 0.05) is 41.7 Å². The Labute approximate surface area is 162 Å². The summed E-state index contributed by atoms with van der Waals surface area (Å²) in [7, 11) is 0. The maximum absolute atomic E-state index is 10.6. The SMILES string of the molecule is O=[N+]([O-])c1ccc(SCCCCCCNC(=S)Nc2ccncc2)cc1. The van der Waals surface area contributed by atoms with Gasteiger partial charge in [-0.05, 0) is 55.1 Å². The molecule has 0 radical (unpaired) electrons. The number of aromatic nitrogens is 1. The number of nitrogens with one attached hydrogen (secondary N) is 2. The zero-order valence-corrected chi connectivity index (χ0v) is 16.0. The Balaban J connectivity index is 1.48. The molecule has 0 atom stereocenters. The van der Waals surface area contributed by atoms with Crippen molar-refractivity contribution < 1.29 is 4.92 Å². The third-order valence-electron chi connectivity index (χ3n) is 3.61. The molecule has 0 aliphatic carbocycles. The Morgan fingerprint density at radius 1 is 1.08 bits per heavy atom. The lowest BCUT2D eigenvalue weighted by atomic mass is 10.2. The summed E-state index contributed by atoms with van der Waals surface area (Å²) >= 11 is 6.98. The van der Waals surface area contributed by atoms with Crippen LogP contribution in [0, 0.1) is 10.1 Å². The molecule has 26 heavy (non-hydrogen) atoms. The second-order valence-electron chi connectivity index (χ2n) is 5.63. The van der Waals surface area contributed by atoms with E-state index in [1.807, 2.05) is 24.3 Å². The number of thiocarbonyl (C=S) groups is 1. The molecule has 0 amide bonds. The number of nitro groups is 1. The minimum atomic E-state index is -0.374. The number of unbranched alkanes of at least 4 members (excludes halogenated alkanes) is 3. The molecule has 1 aromatic carbocycles. The van der Waals surface area contributed by atoms with E-state index in [0.29, 0.717) is 5.11 Å². The highest BCUT2D eigenvalue weighted by Crippen LogP contribution is 2.22. The molecular weight excluding hydrogens is 368 g/mol. The third kappa shape index (κ3) is 7.79. The van der Waals surface area contributed by atoms with E-state index < -0.39 is 0 Å². The Kier molecular flexibility index (Phi) is 8.85. The van der Waals surface area contributed by atoms with Crippen LogP contribution in [0.25, 0.3) is 0 Å². The standard InChI is InChI=1S/C18H22N4O2S2/c23-22(24)16-5-7-17(8-6-16)26-14-4-2-1-3-11-20-18(25)21-15-9-12-19-13-10-15/h5-10,12-13H,1-4,11,14H2,(H2,19,20,21,25). The van der Waals surface area contributed by atoms with Gasteiger partial charge in [-0.1, -0.05) is 12.8 Å². The van der Waals surface area contributed by atoms with Crippen LogP contribution in [0.2, 0.25) is 0 Å². The van der Waals surface area contributed by atoms with E-state index in [9.17, 15) is 10.1 Å². The third-order valence-corrected chi connectivity index (χ3v) is 4.96. The molecule has 0 fully saturated rings. The van der Waals surface area contributed by atoms with E-state index in [4.69, 9.17) is 12.2 Å². The minimum absolute atomic E-state index is 0.137. The van der Waals surface area contributed by atoms with Crippen LogP contribution in [0.15, 0.2) is 53.7 Å². The molecule has 8 heteroatoms. The molecule has 0 spiro atoms. The molecule has 0 aliphatic heterocycles. The number of thioether (sulfide) groups is 1. The van der Waals surface area contributed by atoms with Crippen LogP contribution in [-0.2, 0) is 0 Å². The molecule has 2 N–H and O–H groups in total. The van der Waals surface area contributed by atoms with Gasteiger partial charge in [0.15, 0.2) is 5.11 Å². The van der Waals surface area contributed by atoms with Crippen LogP contribution in [0.1, 0.15) is 25.7 Å². The second-order valence-corrected chi connectivity index (χ2v) is 7.21. The number of non-ortho nitro benzene ring substituents is 1. The van der Waals surface area contributed by atoms with Crippen LogP contribution < -0.4 is 10.6 Å². The van der Waals surface area contributed by atoms with Crippen LogP contribution in [0.5, 0.6) is 0 Å². The molecule has 0 saturated carbocycles. The van der Waals surface area contributed by atoms with Gasteiger partial charge in [0.05, 0.1) is 4.92 Å². The van der Waals surface area contributed by atoms with Gasteiger partial charge in [-0.25, -0.2) is 0 Å². The lowest BCUT2D eigenvalue weighted by Gasteiger charge is -2.10. The van der Waals surface area contributed by atoms with Gasteiger partial charge in [0.2, 0.25) is 0 Å². The Bertz CT molecular complexity index is 696. The first kappa shape index (κ1) is 20.1. The minimum Gasteiger partial charge on any atom is -0.362 e. The molecule has 0 unspecified atom stereocenters. The van der Waals surface area contributed by atoms with Gasteiger partial charge >= 0.3 is 0 Å². The highest BCUT2D eigenvalue weighted by atomic mass is 32.2. The van der Waals surface area contributed by atoms with Crippen LogP contribution in [-0.4, -0.2) is 27.3 Å². The molecule has 1 aromatic heterocycles. The molecule has 0 aliphatic rings. The van der Waals surface area contributed by atoms with E-state index in [1.165, 1.54) is 0 Å². The Hall–Kier alpha value is -2.19. The summed E-state index contributed by atoms with van der Waals surface area (Å²) in [6.45, 7) is 0.854. The van der Waals surface area contributed by atoms with Gasteiger partial charge < -0.3 is 10.6 Å². The van der Waals surface area contributed by atoms with E-state index in [1.54, 1.807) is 36.3 Å². The predicted molar refractivity (Wildman–Crippen MR) is 111 cm³/mol. The van der Waals surface area contributed by atoms with Gasteiger partial charge in [0.25, 0.3) is 5.69 Å². The molecule has 6 nitrogen and oxygen atoms in total. The fraction of sp³-hybridized carbons (Fsp3) is 0.333. The number of hydrogen-bond donors (Lipinski definition) is 2. The van der Waals surface area contributed by atoms with Gasteiger partial charge in [-0.2, -0.15) is 0 Å². The van der Waals surface area contributed by atoms with Crippen molar-refractivity contribution in [3.63, 3.8) is 0 Å². The largest absolute Gasteiger partial charge is 0.362 e. The number of nitrogens with zero attached hydrogens (tertiary/aromatic N) is 2. The fourth-order valence-electron chi connectivity index (χ4n) is 2.25. The number of benzene rings is 1. The maximum atomic E-state index is 10.6. The van der Waals surface area contributed by atoms with Gasteiger partial charge in [-0.15, -0.1) is 11.8 Å². The summed E-state index contributed by atoms with van der Waals surface area (Å²) in [6, 6.07) is 10.5. The maximum Gasteiger partial charge on any atom is 0.269 e. The molecule has 2 aromatic rings. The molecule has 0 bridgehead atoms. The van der Waals surface area contributed by atoms with Crippen molar-refractivity contribution in [1.82, 2.24) is 10.3 Å². The van der Waals surface area contributed by atoms with Crippen molar-refractivity contribution in [2.24, 2.45) is 0 Å². The van der Waals surface area contributed by atoms with Crippen LogP contribution in [0.3, 0.4) is 0 Å². The molecule has 0 saturated heterocycles. The first-order chi connectivity index (χ1) is 12.6. The Morgan fingerprint density at radius 3 is 2.46 bits per heavy atom. The van der Waals surface area contributed by atoms with Crippen molar-refractivity contribution in [1.29, 1.82) is 0 Å². The van der Waals surface area contributed by atoms with E-state index >= 15 is 0 Å². The van der Waals surface area contributed by atoms with Crippen molar-refractivity contribution in [3.8, 4) is 0 Å². The van der Waals surface area contributed by atoms with Crippen molar-refractivity contribution in [2.75, 3.05) is 17.6 Å². The summed E-state index contributed by atoms with van der Waals surface area (Å²) < 4.78 is 0. The Morgan fingerprint density at radius 2 is 1.77 bits per heavy atom. The summed E-state index contributed by atoms with van der Waals surface area (Å²) in [5.74, 6) is 1.02. The van der Waals surface area contributed by atoms with E-state index in [2.05, 4.69) is 15.6 Å². The normalized spacial score (nSPS) is 10.3. The van der Waals surface area contributed by atoms with Crippen molar-refractivity contribution >= 4 is 40.5 Å². The fourth-order valence-corrected chi connectivity index (χ4v) is 3.38. The lowest BCUT2D eigenvalue weighted by molar-refractivity contribution is -0.384. The van der Waals surface area contributed by atoms with Crippen molar-refractivity contribution in [3.05, 3.63) is 58.9 Å². The summed E-state index contributed by atoms with van der Waals surface area (Å²) in [5, 5.41) is 17.6. The quantitative estimate of drug-likeness (QED) is 0.201. The first-order valence-electron chi connectivity index (χ1n) is 8.47. The van der Waals surface area contributed by atoms with E-state index in [0.717, 1.165) is 48.6 Å². The molecule has 138 valence electrons. The summed E-state index contributed by atoms with van der Waals surface area (Å²) in [4.78, 5) is 15.3. The topological polar surface area (TPSA) is 80.1 Å². The van der Waals surface area contributed by atoms with Gasteiger partial charge in [-0.3, -0.25) is 15.1 Å². The number of rotatable bonds is 10. The smallest absolute Gasteiger partial charge is 0.269 e. The lowest BCUT2D eigenvalue weighted by Crippen LogP contribution is -2.29. The average molecular weight is 391 g/mol.